The van der Waals surface area contributed by atoms with Gasteiger partial charge in [-0.2, -0.15) is 0 Å². The summed E-state index contributed by atoms with van der Waals surface area (Å²) in [5.74, 6) is -0.760. The van der Waals surface area contributed by atoms with E-state index in [9.17, 15) is 13.2 Å². The molecule has 0 aromatic carbocycles. The number of hydrogen-bond donors (Lipinski definition) is 0. The summed E-state index contributed by atoms with van der Waals surface area (Å²) in [5.41, 5.74) is -0.511. The van der Waals surface area contributed by atoms with Crippen LogP contribution in [0.4, 0.5) is 13.2 Å². The van der Waals surface area contributed by atoms with E-state index in [1.807, 2.05) is 0 Å². The molecule has 0 atom stereocenters. The van der Waals surface area contributed by atoms with Crippen LogP contribution in [0.15, 0.2) is 6.20 Å². The van der Waals surface area contributed by atoms with Crippen molar-refractivity contribution in [3.8, 4) is 0 Å². The minimum Gasteiger partial charge on any atom is -0.254 e. The molecule has 72 valence electrons. The quantitative estimate of drug-likeness (QED) is 0.682. The molecule has 1 heterocycles. The number of halogens is 4. The van der Waals surface area contributed by atoms with Gasteiger partial charge in [-0.3, -0.25) is 4.98 Å². The highest BCUT2D eigenvalue weighted by atomic mass is 35.5. The SMILES string of the molecule is Cc1c(C(F)F)ncc(CCl)c1F. The van der Waals surface area contributed by atoms with Crippen LogP contribution < -0.4 is 0 Å². The Morgan fingerprint density at radius 2 is 2.15 bits per heavy atom. The van der Waals surface area contributed by atoms with Crippen LogP contribution in [0.1, 0.15) is 23.2 Å². The lowest BCUT2D eigenvalue weighted by atomic mass is 10.1. The zero-order valence-electron chi connectivity index (χ0n) is 6.82. The average molecular weight is 210 g/mol. The Labute approximate surface area is 78.5 Å². The maximum Gasteiger partial charge on any atom is 0.280 e. The van der Waals surface area contributed by atoms with Crippen LogP contribution in [-0.4, -0.2) is 4.98 Å². The van der Waals surface area contributed by atoms with Crippen LogP contribution in [0.2, 0.25) is 0 Å². The molecule has 0 radical (unpaired) electrons. The molecule has 1 aromatic rings. The van der Waals surface area contributed by atoms with Gasteiger partial charge < -0.3 is 0 Å². The van der Waals surface area contributed by atoms with Crippen molar-refractivity contribution in [3.63, 3.8) is 0 Å². The predicted octanol–water partition coefficient (Wildman–Crippen LogP) is 3.21. The summed E-state index contributed by atoms with van der Waals surface area (Å²) in [6, 6.07) is 0. The van der Waals surface area contributed by atoms with Gasteiger partial charge in [0.25, 0.3) is 6.43 Å². The molecule has 1 nitrogen and oxygen atoms in total. The van der Waals surface area contributed by atoms with Crippen molar-refractivity contribution in [2.75, 3.05) is 0 Å². The van der Waals surface area contributed by atoms with E-state index in [4.69, 9.17) is 11.6 Å². The lowest BCUT2D eigenvalue weighted by Crippen LogP contribution is -2.01. The van der Waals surface area contributed by atoms with Gasteiger partial charge >= 0.3 is 0 Å². The number of aromatic nitrogens is 1. The molecule has 13 heavy (non-hydrogen) atoms. The summed E-state index contributed by atoms with van der Waals surface area (Å²) in [6.45, 7) is 1.26. The lowest BCUT2D eigenvalue weighted by molar-refractivity contribution is 0.144. The lowest BCUT2D eigenvalue weighted by Gasteiger charge is -2.06. The number of rotatable bonds is 2. The topological polar surface area (TPSA) is 12.9 Å². The summed E-state index contributed by atoms with van der Waals surface area (Å²) in [5, 5.41) is 0. The molecule has 0 spiro atoms. The van der Waals surface area contributed by atoms with Gasteiger partial charge in [-0.05, 0) is 6.92 Å². The van der Waals surface area contributed by atoms with E-state index < -0.39 is 17.9 Å². The smallest absolute Gasteiger partial charge is 0.254 e. The van der Waals surface area contributed by atoms with E-state index >= 15 is 0 Å². The molecule has 1 aromatic heterocycles. The van der Waals surface area contributed by atoms with Gasteiger partial charge in [-0.25, -0.2) is 13.2 Å². The summed E-state index contributed by atoms with van der Waals surface area (Å²) in [6.07, 6.45) is -1.71. The summed E-state index contributed by atoms with van der Waals surface area (Å²) < 4.78 is 37.5. The zero-order valence-corrected chi connectivity index (χ0v) is 7.58. The van der Waals surface area contributed by atoms with Crippen LogP contribution in [-0.2, 0) is 5.88 Å². The fourth-order valence-corrected chi connectivity index (χ4v) is 1.15. The summed E-state index contributed by atoms with van der Waals surface area (Å²) in [4.78, 5) is 3.43. The van der Waals surface area contributed by atoms with Crippen LogP contribution in [0.5, 0.6) is 0 Å². The second-order valence-electron chi connectivity index (χ2n) is 2.54. The first-order valence-corrected chi connectivity index (χ1v) is 4.09. The fraction of sp³-hybridized carbons (Fsp3) is 0.375. The molecule has 0 N–H and O–H groups in total. The Balaban J connectivity index is 3.23. The van der Waals surface area contributed by atoms with Crippen molar-refractivity contribution in [2.45, 2.75) is 19.2 Å². The normalized spacial score (nSPS) is 10.9. The number of pyridine rings is 1. The Kier molecular flexibility index (Phi) is 3.14. The van der Waals surface area contributed by atoms with Gasteiger partial charge in [-0.1, -0.05) is 0 Å². The molecule has 0 aliphatic carbocycles. The van der Waals surface area contributed by atoms with Gasteiger partial charge in [0.2, 0.25) is 0 Å². The van der Waals surface area contributed by atoms with Crippen LogP contribution in [0, 0.1) is 12.7 Å². The molecule has 0 fully saturated rings. The van der Waals surface area contributed by atoms with E-state index in [0.29, 0.717) is 0 Å². The average Bonchev–Trinajstić information content (AvgIpc) is 2.09. The van der Waals surface area contributed by atoms with Crippen LogP contribution in [0.25, 0.3) is 0 Å². The highest BCUT2D eigenvalue weighted by Crippen LogP contribution is 2.24. The van der Waals surface area contributed by atoms with Crippen molar-refractivity contribution in [1.82, 2.24) is 4.98 Å². The van der Waals surface area contributed by atoms with Crippen LogP contribution >= 0.6 is 11.6 Å². The molecular formula is C8H7ClF3N. The first-order chi connectivity index (χ1) is 6.07. The van der Waals surface area contributed by atoms with E-state index in [0.717, 1.165) is 6.20 Å². The van der Waals surface area contributed by atoms with Gasteiger partial charge in [0.1, 0.15) is 11.5 Å². The molecule has 0 unspecified atom stereocenters. The Bertz CT molecular complexity index is 315. The van der Waals surface area contributed by atoms with Crippen molar-refractivity contribution < 1.29 is 13.2 Å². The van der Waals surface area contributed by atoms with Crippen molar-refractivity contribution in [1.29, 1.82) is 0 Å². The summed E-state index contributed by atoms with van der Waals surface area (Å²) >= 11 is 5.37. The standard InChI is InChI=1S/C8H7ClF3N/c1-4-6(10)5(2-9)3-13-7(4)8(11)12/h3,8H,2H2,1H3. The second-order valence-corrected chi connectivity index (χ2v) is 2.81. The third kappa shape index (κ3) is 1.94. The first kappa shape index (κ1) is 10.3. The number of hydrogen-bond acceptors (Lipinski definition) is 1. The van der Waals surface area contributed by atoms with Gasteiger partial charge in [0.05, 0.1) is 5.88 Å². The highest BCUT2D eigenvalue weighted by molar-refractivity contribution is 6.17. The largest absolute Gasteiger partial charge is 0.280 e. The summed E-state index contributed by atoms with van der Waals surface area (Å²) in [7, 11) is 0. The van der Waals surface area contributed by atoms with Crippen molar-refractivity contribution in [2.24, 2.45) is 0 Å². The number of alkyl halides is 3. The minimum absolute atomic E-state index is 0.0663. The third-order valence-electron chi connectivity index (χ3n) is 1.71. The molecule has 0 saturated heterocycles. The van der Waals surface area contributed by atoms with Gasteiger partial charge in [0.15, 0.2) is 0 Å². The fourth-order valence-electron chi connectivity index (χ4n) is 0.967. The van der Waals surface area contributed by atoms with E-state index in [-0.39, 0.29) is 17.0 Å². The molecule has 0 aliphatic heterocycles. The third-order valence-corrected chi connectivity index (χ3v) is 1.99. The Morgan fingerprint density at radius 3 is 2.62 bits per heavy atom. The van der Waals surface area contributed by atoms with Gasteiger partial charge in [0, 0.05) is 17.3 Å². The maximum atomic E-state index is 13.2. The van der Waals surface area contributed by atoms with Crippen molar-refractivity contribution >= 4 is 11.6 Å². The molecule has 1 rings (SSSR count). The number of nitrogens with zero attached hydrogens (tertiary/aromatic N) is 1. The first-order valence-electron chi connectivity index (χ1n) is 3.56. The minimum atomic E-state index is -2.75. The maximum absolute atomic E-state index is 13.2. The van der Waals surface area contributed by atoms with Crippen molar-refractivity contribution in [3.05, 3.63) is 28.8 Å². The molecule has 5 heteroatoms. The van der Waals surface area contributed by atoms with Crippen LogP contribution in [0.3, 0.4) is 0 Å². The molecule has 0 saturated carbocycles. The molecular weight excluding hydrogens is 203 g/mol. The molecule has 0 aliphatic rings. The van der Waals surface area contributed by atoms with E-state index in [1.54, 1.807) is 0 Å². The Hall–Kier alpha value is -0.770. The zero-order chi connectivity index (χ0) is 10.0. The second kappa shape index (κ2) is 3.96. The monoisotopic (exact) mass is 209 g/mol. The molecule has 0 bridgehead atoms. The predicted molar refractivity (Wildman–Crippen MR) is 43.4 cm³/mol. The van der Waals surface area contributed by atoms with E-state index in [1.165, 1.54) is 6.92 Å². The van der Waals surface area contributed by atoms with Gasteiger partial charge in [-0.15, -0.1) is 11.6 Å². The molecule has 0 amide bonds. The van der Waals surface area contributed by atoms with E-state index in [2.05, 4.69) is 4.98 Å². The Morgan fingerprint density at radius 1 is 1.54 bits per heavy atom. The highest BCUT2D eigenvalue weighted by Gasteiger charge is 2.17.